The zero-order valence-corrected chi connectivity index (χ0v) is 14.7. The molecule has 1 atom stereocenters. The standard InChI is InChI=1S/C22H18N2O3/c1-14(23-22(26)15-7-3-2-4-8-15)21(25)24-16-11-12-20-18(13-16)17-9-5-6-10-19(17)27-20/h2-14H,1H3,(H,23,26)(H,24,25)/t14-/m1/s1. The van der Waals surface area contributed by atoms with Crippen LogP contribution in [0.15, 0.2) is 77.2 Å². The first-order chi connectivity index (χ1) is 13.1. The summed E-state index contributed by atoms with van der Waals surface area (Å²) in [6, 6.07) is 21.4. The van der Waals surface area contributed by atoms with Gasteiger partial charge in [-0.3, -0.25) is 9.59 Å². The fourth-order valence-electron chi connectivity index (χ4n) is 2.99. The molecule has 0 bridgehead atoms. The van der Waals surface area contributed by atoms with E-state index in [1.54, 1.807) is 37.3 Å². The second kappa shape index (κ2) is 6.96. The lowest BCUT2D eigenvalue weighted by Gasteiger charge is -2.14. The first-order valence-electron chi connectivity index (χ1n) is 8.70. The van der Waals surface area contributed by atoms with Gasteiger partial charge < -0.3 is 15.1 Å². The van der Waals surface area contributed by atoms with E-state index in [1.807, 2.05) is 42.5 Å². The van der Waals surface area contributed by atoms with Gasteiger partial charge >= 0.3 is 0 Å². The summed E-state index contributed by atoms with van der Waals surface area (Å²) in [6.07, 6.45) is 0. The van der Waals surface area contributed by atoms with Crippen LogP contribution in [-0.4, -0.2) is 17.9 Å². The quantitative estimate of drug-likeness (QED) is 0.570. The van der Waals surface area contributed by atoms with E-state index in [2.05, 4.69) is 10.6 Å². The third-order valence-electron chi connectivity index (χ3n) is 4.42. The third-order valence-corrected chi connectivity index (χ3v) is 4.42. The molecule has 0 radical (unpaired) electrons. The fraction of sp³-hybridized carbons (Fsp3) is 0.0909. The lowest BCUT2D eigenvalue weighted by molar-refractivity contribution is -0.117. The summed E-state index contributed by atoms with van der Waals surface area (Å²) in [5, 5.41) is 7.49. The summed E-state index contributed by atoms with van der Waals surface area (Å²) in [5.41, 5.74) is 2.74. The molecule has 1 heterocycles. The molecule has 2 amide bonds. The number of hydrogen-bond acceptors (Lipinski definition) is 3. The van der Waals surface area contributed by atoms with Crippen molar-refractivity contribution < 1.29 is 14.0 Å². The molecule has 1 aromatic heterocycles. The number of anilines is 1. The van der Waals surface area contributed by atoms with Crippen molar-refractivity contribution in [2.45, 2.75) is 13.0 Å². The van der Waals surface area contributed by atoms with Crippen molar-refractivity contribution in [2.24, 2.45) is 0 Å². The van der Waals surface area contributed by atoms with Gasteiger partial charge in [-0.25, -0.2) is 0 Å². The second-order valence-electron chi connectivity index (χ2n) is 6.36. The van der Waals surface area contributed by atoms with Crippen molar-refractivity contribution in [3.05, 3.63) is 78.4 Å². The molecule has 5 heteroatoms. The Hall–Kier alpha value is -3.60. The molecule has 2 N–H and O–H groups in total. The Kier molecular flexibility index (Phi) is 4.34. The van der Waals surface area contributed by atoms with E-state index in [4.69, 9.17) is 4.42 Å². The summed E-state index contributed by atoms with van der Waals surface area (Å²) < 4.78 is 5.79. The predicted molar refractivity (Wildman–Crippen MR) is 106 cm³/mol. The van der Waals surface area contributed by atoms with E-state index >= 15 is 0 Å². The monoisotopic (exact) mass is 358 g/mol. The summed E-state index contributed by atoms with van der Waals surface area (Å²) in [5.74, 6) is -0.569. The number of carbonyl (C=O) groups excluding carboxylic acids is 2. The van der Waals surface area contributed by atoms with Gasteiger partial charge in [0.2, 0.25) is 5.91 Å². The highest BCUT2D eigenvalue weighted by molar-refractivity contribution is 6.07. The van der Waals surface area contributed by atoms with Crippen LogP contribution in [0.2, 0.25) is 0 Å². The van der Waals surface area contributed by atoms with Gasteiger partial charge in [-0.1, -0.05) is 36.4 Å². The van der Waals surface area contributed by atoms with Crippen LogP contribution in [0.5, 0.6) is 0 Å². The molecule has 4 aromatic rings. The van der Waals surface area contributed by atoms with Crippen LogP contribution in [0.3, 0.4) is 0 Å². The predicted octanol–water partition coefficient (Wildman–Crippen LogP) is 4.34. The van der Waals surface area contributed by atoms with Gasteiger partial charge in [0.1, 0.15) is 17.2 Å². The number of amides is 2. The van der Waals surface area contributed by atoms with E-state index in [1.165, 1.54) is 0 Å². The minimum absolute atomic E-state index is 0.283. The van der Waals surface area contributed by atoms with Crippen molar-refractivity contribution in [3.8, 4) is 0 Å². The van der Waals surface area contributed by atoms with E-state index < -0.39 is 6.04 Å². The van der Waals surface area contributed by atoms with Crippen LogP contribution in [0.1, 0.15) is 17.3 Å². The number of hydrogen-bond donors (Lipinski definition) is 2. The van der Waals surface area contributed by atoms with Gasteiger partial charge in [0, 0.05) is 22.0 Å². The number of carbonyl (C=O) groups is 2. The number of benzene rings is 3. The van der Waals surface area contributed by atoms with Gasteiger partial charge in [-0.05, 0) is 43.3 Å². The number of para-hydroxylation sites is 1. The van der Waals surface area contributed by atoms with Crippen LogP contribution < -0.4 is 10.6 Å². The average molecular weight is 358 g/mol. The minimum atomic E-state index is -0.672. The molecule has 4 rings (SSSR count). The lowest BCUT2D eigenvalue weighted by atomic mass is 10.1. The molecule has 0 aliphatic rings. The Labute approximate surface area is 156 Å². The molecule has 134 valence electrons. The smallest absolute Gasteiger partial charge is 0.251 e. The molecule has 0 unspecified atom stereocenters. The van der Waals surface area contributed by atoms with Crippen molar-refractivity contribution >= 4 is 39.4 Å². The maximum absolute atomic E-state index is 12.5. The van der Waals surface area contributed by atoms with Crippen molar-refractivity contribution in [2.75, 3.05) is 5.32 Å². The van der Waals surface area contributed by atoms with Gasteiger partial charge in [-0.15, -0.1) is 0 Å². The van der Waals surface area contributed by atoms with E-state index in [0.717, 1.165) is 21.9 Å². The summed E-state index contributed by atoms with van der Waals surface area (Å²) in [6.45, 7) is 1.65. The highest BCUT2D eigenvalue weighted by Gasteiger charge is 2.17. The third kappa shape index (κ3) is 3.40. The van der Waals surface area contributed by atoms with Gasteiger partial charge in [0.15, 0.2) is 0 Å². The van der Waals surface area contributed by atoms with Crippen LogP contribution in [0.4, 0.5) is 5.69 Å². The van der Waals surface area contributed by atoms with E-state index in [-0.39, 0.29) is 11.8 Å². The minimum Gasteiger partial charge on any atom is -0.456 e. The molecule has 0 saturated carbocycles. The lowest BCUT2D eigenvalue weighted by Crippen LogP contribution is -2.41. The first kappa shape index (κ1) is 16.8. The normalized spacial score (nSPS) is 12.0. The molecular formula is C22H18N2O3. The Morgan fingerprint density at radius 1 is 0.852 bits per heavy atom. The molecule has 3 aromatic carbocycles. The summed E-state index contributed by atoms with van der Waals surface area (Å²) in [7, 11) is 0. The number of furan rings is 1. The SMILES string of the molecule is C[C@@H](NC(=O)c1ccccc1)C(=O)Nc1ccc2oc3ccccc3c2c1. The number of nitrogens with one attached hydrogen (secondary N) is 2. The maximum Gasteiger partial charge on any atom is 0.251 e. The van der Waals surface area contributed by atoms with Gasteiger partial charge in [0.05, 0.1) is 0 Å². The van der Waals surface area contributed by atoms with Gasteiger partial charge in [-0.2, -0.15) is 0 Å². The molecular weight excluding hydrogens is 340 g/mol. The van der Waals surface area contributed by atoms with Crippen LogP contribution in [0.25, 0.3) is 21.9 Å². The molecule has 0 saturated heterocycles. The van der Waals surface area contributed by atoms with Crippen LogP contribution in [0, 0.1) is 0 Å². The van der Waals surface area contributed by atoms with Crippen molar-refractivity contribution in [1.29, 1.82) is 0 Å². The molecule has 0 aliphatic carbocycles. The second-order valence-corrected chi connectivity index (χ2v) is 6.36. The average Bonchev–Trinajstić information content (AvgIpc) is 3.06. The number of rotatable bonds is 4. The topological polar surface area (TPSA) is 71.3 Å². The first-order valence-corrected chi connectivity index (χ1v) is 8.70. The summed E-state index contributed by atoms with van der Waals surface area (Å²) in [4.78, 5) is 24.7. The Morgan fingerprint density at radius 2 is 1.56 bits per heavy atom. The Morgan fingerprint density at radius 3 is 2.37 bits per heavy atom. The largest absolute Gasteiger partial charge is 0.456 e. The van der Waals surface area contributed by atoms with E-state index in [9.17, 15) is 9.59 Å². The maximum atomic E-state index is 12.5. The summed E-state index contributed by atoms with van der Waals surface area (Å²) >= 11 is 0. The van der Waals surface area contributed by atoms with Crippen molar-refractivity contribution in [1.82, 2.24) is 5.32 Å². The Bertz CT molecular complexity index is 1130. The molecule has 27 heavy (non-hydrogen) atoms. The zero-order valence-electron chi connectivity index (χ0n) is 14.7. The van der Waals surface area contributed by atoms with Crippen molar-refractivity contribution in [3.63, 3.8) is 0 Å². The van der Waals surface area contributed by atoms with Crippen LogP contribution >= 0.6 is 0 Å². The van der Waals surface area contributed by atoms with Gasteiger partial charge in [0.25, 0.3) is 5.91 Å². The molecule has 0 fully saturated rings. The molecule has 5 nitrogen and oxygen atoms in total. The van der Waals surface area contributed by atoms with E-state index in [0.29, 0.717) is 11.3 Å². The highest BCUT2D eigenvalue weighted by Crippen LogP contribution is 2.30. The fourth-order valence-corrected chi connectivity index (χ4v) is 2.99. The molecule has 0 aliphatic heterocycles. The zero-order chi connectivity index (χ0) is 18.8. The highest BCUT2D eigenvalue weighted by atomic mass is 16.3. The Balaban J connectivity index is 1.50. The van der Waals surface area contributed by atoms with Crippen LogP contribution in [-0.2, 0) is 4.79 Å². The number of fused-ring (bicyclic) bond motifs is 3. The molecule has 0 spiro atoms.